The molecule has 1 amide bonds. The number of esters is 1. The van der Waals surface area contributed by atoms with Crippen molar-refractivity contribution in [1.29, 1.82) is 0 Å². The number of amides is 1. The summed E-state index contributed by atoms with van der Waals surface area (Å²) in [5.41, 5.74) is 0.931. The van der Waals surface area contributed by atoms with Gasteiger partial charge in [-0.05, 0) is 43.0 Å². The number of methoxy groups -OCH3 is 1. The van der Waals surface area contributed by atoms with Crippen molar-refractivity contribution in [2.45, 2.75) is 38.1 Å². The molecule has 2 rings (SSSR count). The van der Waals surface area contributed by atoms with Gasteiger partial charge in [0.1, 0.15) is 13.2 Å². The first-order valence-electron chi connectivity index (χ1n) is 9.51. The third-order valence-electron chi connectivity index (χ3n) is 4.59. The molecule has 1 aromatic rings. The average molecular weight is 420 g/mol. The number of nitrogens with zero attached hydrogens (tertiary/aromatic N) is 1. The van der Waals surface area contributed by atoms with Crippen LogP contribution in [0.1, 0.15) is 31.2 Å². The molecule has 1 aliphatic heterocycles. The molecule has 0 saturated carbocycles. The Morgan fingerprint density at radius 1 is 1.41 bits per heavy atom. The zero-order valence-electron chi connectivity index (χ0n) is 16.5. The number of carbonyl (C=O) groups excluding carboxylic acids is 2. The molecule has 6 nitrogen and oxygen atoms in total. The summed E-state index contributed by atoms with van der Waals surface area (Å²) in [5.74, 6) is 5.59. The summed E-state index contributed by atoms with van der Waals surface area (Å²) in [4.78, 5) is 25.0. The summed E-state index contributed by atoms with van der Waals surface area (Å²) >= 11 is 5.98. The lowest BCUT2D eigenvalue weighted by Gasteiger charge is -2.33. The molecule has 29 heavy (non-hydrogen) atoms. The highest BCUT2D eigenvalue weighted by Crippen LogP contribution is 2.22. The molecule has 156 valence electrons. The van der Waals surface area contributed by atoms with Crippen molar-refractivity contribution in [3.63, 3.8) is 0 Å². The normalized spacial score (nSPS) is 16.9. The van der Waals surface area contributed by atoms with Crippen LogP contribution in [0.4, 0.5) is 0 Å². The number of likely N-dealkylation sites (tertiary alicyclic amines) is 1. The molecule has 1 N–H and O–H groups in total. The average Bonchev–Trinajstić information content (AvgIpc) is 2.70. The predicted octanol–water partition coefficient (Wildman–Crippen LogP) is 3.29. The minimum atomic E-state index is -0.456. The Kier molecular flexibility index (Phi) is 9.55. The van der Waals surface area contributed by atoms with Gasteiger partial charge >= 0.3 is 5.97 Å². The molecule has 1 atom stereocenters. The molecule has 1 fully saturated rings. The number of piperidine rings is 1. The topological polar surface area (TPSA) is 76.1 Å². The van der Waals surface area contributed by atoms with Crippen molar-refractivity contribution in [1.82, 2.24) is 4.90 Å². The maximum atomic E-state index is 12.3. The van der Waals surface area contributed by atoms with Crippen LogP contribution in [0.5, 0.6) is 0 Å². The third kappa shape index (κ3) is 8.18. The number of hydrogen-bond acceptors (Lipinski definition) is 5. The highest BCUT2D eigenvalue weighted by Gasteiger charge is 2.26. The van der Waals surface area contributed by atoms with E-state index in [1.807, 2.05) is 18.2 Å². The number of halogens is 1. The molecule has 0 aliphatic carbocycles. The van der Waals surface area contributed by atoms with Crippen molar-refractivity contribution in [2.24, 2.45) is 0 Å². The maximum absolute atomic E-state index is 12.3. The second kappa shape index (κ2) is 12.2. The van der Waals surface area contributed by atoms with Gasteiger partial charge < -0.3 is 19.5 Å². The van der Waals surface area contributed by atoms with Gasteiger partial charge in [0.15, 0.2) is 0 Å². The molecule has 1 aliphatic rings. The van der Waals surface area contributed by atoms with E-state index in [2.05, 4.69) is 16.6 Å². The first-order valence-corrected chi connectivity index (χ1v) is 9.89. The number of rotatable bonds is 8. The van der Waals surface area contributed by atoms with Crippen LogP contribution < -0.4 is 0 Å². The highest BCUT2D eigenvalue weighted by molar-refractivity contribution is 6.30. The number of ether oxygens (including phenoxy) is 2. The molecule has 1 heterocycles. The smallest absolute Gasteiger partial charge is 0.331 e. The van der Waals surface area contributed by atoms with Gasteiger partial charge in [0, 0.05) is 23.9 Å². The van der Waals surface area contributed by atoms with Gasteiger partial charge in [-0.2, -0.15) is 0 Å². The van der Waals surface area contributed by atoms with Gasteiger partial charge in [-0.1, -0.05) is 35.6 Å². The number of aliphatic hydroxyl groups excluding tert-OH is 1. The van der Waals surface area contributed by atoms with Gasteiger partial charge in [-0.25, -0.2) is 4.79 Å². The highest BCUT2D eigenvalue weighted by atomic mass is 35.5. The van der Waals surface area contributed by atoms with Gasteiger partial charge in [0.25, 0.3) is 0 Å². The second-order valence-electron chi connectivity index (χ2n) is 6.73. The number of benzene rings is 1. The van der Waals surface area contributed by atoms with Crippen LogP contribution >= 0.6 is 11.6 Å². The fourth-order valence-electron chi connectivity index (χ4n) is 3.09. The molecule has 0 bridgehead atoms. The number of carbonyl (C=O) groups is 2. The maximum Gasteiger partial charge on any atom is 0.331 e. The Balaban J connectivity index is 1.87. The zero-order valence-corrected chi connectivity index (χ0v) is 17.3. The van der Waals surface area contributed by atoms with Gasteiger partial charge in [-0.15, -0.1) is 0 Å². The SMILES string of the molecule is COC(=O)COCC#CCN1C(=O)CCC[C@@H]1C/C=C(\O)Cc1cccc(Cl)c1. The fraction of sp³-hybridized carbons (Fsp3) is 0.455. The second-order valence-corrected chi connectivity index (χ2v) is 7.16. The summed E-state index contributed by atoms with van der Waals surface area (Å²) < 4.78 is 9.54. The lowest BCUT2D eigenvalue weighted by atomic mass is 9.98. The largest absolute Gasteiger partial charge is 0.512 e. The molecule has 0 unspecified atom stereocenters. The van der Waals surface area contributed by atoms with E-state index in [4.69, 9.17) is 16.3 Å². The van der Waals surface area contributed by atoms with E-state index in [1.54, 1.807) is 17.0 Å². The summed E-state index contributed by atoms with van der Waals surface area (Å²) in [6, 6.07) is 7.37. The minimum absolute atomic E-state index is 0.00282. The molecule has 1 aromatic carbocycles. The van der Waals surface area contributed by atoms with E-state index in [1.165, 1.54) is 7.11 Å². The Labute approximate surface area is 176 Å². The van der Waals surface area contributed by atoms with Crippen LogP contribution in [0.3, 0.4) is 0 Å². The van der Waals surface area contributed by atoms with Gasteiger partial charge in [0.2, 0.25) is 5.91 Å². The minimum Gasteiger partial charge on any atom is -0.512 e. The number of allylic oxidation sites excluding steroid dienone is 1. The van der Waals surface area contributed by atoms with E-state index < -0.39 is 5.97 Å². The van der Waals surface area contributed by atoms with Crippen LogP contribution in [-0.4, -0.2) is 54.8 Å². The van der Waals surface area contributed by atoms with E-state index in [0.29, 0.717) is 30.8 Å². The molecule has 0 aromatic heterocycles. The van der Waals surface area contributed by atoms with Gasteiger partial charge in [-0.3, -0.25) is 4.79 Å². The van der Waals surface area contributed by atoms with Crippen molar-refractivity contribution < 1.29 is 24.2 Å². The summed E-state index contributed by atoms with van der Waals surface area (Å²) in [6.07, 6.45) is 4.95. The van der Waals surface area contributed by atoms with Crippen LogP contribution in [0.25, 0.3) is 0 Å². The van der Waals surface area contributed by atoms with Crippen LogP contribution in [0.2, 0.25) is 5.02 Å². The Bertz CT molecular complexity index is 796. The predicted molar refractivity (Wildman–Crippen MR) is 110 cm³/mol. The first kappa shape index (κ1) is 22.8. The van der Waals surface area contributed by atoms with E-state index in [0.717, 1.165) is 18.4 Å². The third-order valence-corrected chi connectivity index (χ3v) is 4.82. The summed E-state index contributed by atoms with van der Waals surface area (Å²) in [6.45, 7) is 0.253. The molecular formula is C22H26ClNO5. The monoisotopic (exact) mass is 419 g/mol. The van der Waals surface area contributed by atoms with Crippen LogP contribution in [0, 0.1) is 11.8 Å². The Morgan fingerprint density at radius 2 is 2.24 bits per heavy atom. The summed E-state index contributed by atoms with van der Waals surface area (Å²) in [5, 5.41) is 10.9. The Morgan fingerprint density at radius 3 is 3.00 bits per heavy atom. The Hall–Kier alpha value is -2.49. The molecule has 0 radical (unpaired) electrons. The van der Waals surface area contributed by atoms with Crippen LogP contribution in [-0.2, 0) is 25.5 Å². The van der Waals surface area contributed by atoms with Gasteiger partial charge in [0.05, 0.1) is 19.4 Å². The lowest BCUT2D eigenvalue weighted by molar-refractivity contribution is -0.145. The summed E-state index contributed by atoms with van der Waals surface area (Å²) in [7, 11) is 1.29. The van der Waals surface area contributed by atoms with Crippen molar-refractivity contribution >= 4 is 23.5 Å². The van der Waals surface area contributed by atoms with E-state index in [9.17, 15) is 14.7 Å². The first-order chi connectivity index (χ1) is 14.0. The molecule has 7 heteroatoms. The molecule has 1 saturated heterocycles. The van der Waals surface area contributed by atoms with E-state index >= 15 is 0 Å². The number of hydrogen-bond donors (Lipinski definition) is 1. The van der Waals surface area contributed by atoms with Crippen molar-refractivity contribution in [3.05, 3.63) is 46.7 Å². The quantitative estimate of drug-likeness (QED) is 0.303. The zero-order chi connectivity index (χ0) is 21.1. The van der Waals surface area contributed by atoms with Crippen molar-refractivity contribution in [2.75, 3.05) is 26.9 Å². The van der Waals surface area contributed by atoms with Crippen molar-refractivity contribution in [3.8, 4) is 11.8 Å². The van der Waals surface area contributed by atoms with Crippen LogP contribution in [0.15, 0.2) is 36.1 Å². The fourth-order valence-corrected chi connectivity index (χ4v) is 3.30. The lowest BCUT2D eigenvalue weighted by Crippen LogP contribution is -2.43. The molecular weight excluding hydrogens is 394 g/mol. The molecule has 0 spiro atoms. The number of aliphatic hydroxyl groups is 1. The van der Waals surface area contributed by atoms with E-state index in [-0.39, 0.29) is 30.9 Å². The standard InChI is InChI=1S/C22H26ClNO5/c1-28-22(27)16-29-13-3-2-12-24-19(8-5-9-21(24)26)10-11-20(25)15-17-6-4-7-18(23)14-17/h4,6-7,11,14,19,25H,5,8-10,12-13,15-16H2,1H3/b20-11-/t19-/m1/s1.